The number of piperidine rings is 1. The molecular formula is C35H41N3O4. The normalized spacial score (nSPS) is 15.7. The van der Waals surface area contributed by atoms with Crippen molar-refractivity contribution < 1.29 is 19.1 Å². The Balaban J connectivity index is 0.932. The molecule has 7 heteroatoms. The molecule has 2 aliphatic rings. The minimum atomic E-state index is -0.367. The predicted molar refractivity (Wildman–Crippen MR) is 163 cm³/mol. The lowest BCUT2D eigenvalue weighted by molar-refractivity contribution is 0.0491. The van der Waals surface area contributed by atoms with Crippen molar-refractivity contribution in [3.63, 3.8) is 0 Å². The van der Waals surface area contributed by atoms with Gasteiger partial charge in [0.2, 0.25) is 0 Å². The van der Waals surface area contributed by atoms with Gasteiger partial charge in [-0.05, 0) is 55.5 Å². The van der Waals surface area contributed by atoms with Gasteiger partial charge in [0, 0.05) is 19.6 Å². The van der Waals surface area contributed by atoms with E-state index in [1.165, 1.54) is 11.3 Å². The fourth-order valence-electron chi connectivity index (χ4n) is 5.96. The van der Waals surface area contributed by atoms with E-state index in [2.05, 4.69) is 10.2 Å². The first-order chi connectivity index (χ1) is 20.6. The Bertz CT molecular complexity index is 1250. The van der Waals surface area contributed by atoms with Crippen molar-refractivity contribution in [3.8, 4) is 0 Å². The van der Waals surface area contributed by atoms with Gasteiger partial charge in [-0.1, -0.05) is 98.5 Å². The number of likely N-dealkylation sites (tertiary alicyclic amines) is 1. The van der Waals surface area contributed by atoms with E-state index in [9.17, 15) is 14.4 Å². The highest BCUT2D eigenvalue weighted by Crippen LogP contribution is 2.24. The van der Waals surface area contributed by atoms with Crippen LogP contribution in [0.4, 0.5) is 4.79 Å². The Morgan fingerprint density at radius 3 is 1.71 bits per heavy atom. The van der Waals surface area contributed by atoms with E-state index in [4.69, 9.17) is 4.74 Å². The first kappa shape index (κ1) is 29.5. The summed E-state index contributed by atoms with van der Waals surface area (Å²) in [6.45, 7) is 3.46. The van der Waals surface area contributed by atoms with E-state index in [1.807, 2.05) is 60.7 Å². The lowest BCUT2D eigenvalue weighted by Gasteiger charge is -2.32. The molecule has 2 aliphatic heterocycles. The number of alkyl carbamates (subject to hydrolysis) is 1. The molecule has 0 atom stereocenters. The van der Waals surface area contributed by atoms with Gasteiger partial charge in [-0.15, -0.1) is 0 Å². The van der Waals surface area contributed by atoms with E-state index in [1.54, 1.807) is 24.3 Å². The number of nitrogens with one attached hydrogen (secondary N) is 1. The lowest BCUT2D eigenvalue weighted by atomic mass is 9.99. The number of carbonyl (C=O) groups excluding carboxylic acids is 3. The van der Waals surface area contributed by atoms with Gasteiger partial charge in [0.15, 0.2) is 0 Å². The smallest absolute Gasteiger partial charge is 0.408 e. The average molecular weight is 568 g/mol. The second-order valence-electron chi connectivity index (χ2n) is 11.3. The highest BCUT2D eigenvalue weighted by Gasteiger charge is 2.34. The van der Waals surface area contributed by atoms with Crippen molar-refractivity contribution in [2.75, 3.05) is 26.2 Å². The number of fused-ring (bicyclic) bond motifs is 1. The van der Waals surface area contributed by atoms with Gasteiger partial charge < -0.3 is 15.0 Å². The highest BCUT2D eigenvalue weighted by molar-refractivity contribution is 6.21. The summed E-state index contributed by atoms with van der Waals surface area (Å²) in [4.78, 5) is 41.6. The molecule has 7 nitrogen and oxygen atoms in total. The van der Waals surface area contributed by atoms with Gasteiger partial charge in [-0.25, -0.2) is 4.79 Å². The Kier molecular flexibility index (Phi) is 10.4. The third kappa shape index (κ3) is 7.65. The third-order valence-corrected chi connectivity index (χ3v) is 8.32. The van der Waals surface area contributed by atoms with Crippen LogP contribution in [0.3, 0.4) is 0 Å². The summed E-state index contributed by atoms with van der Waals surface area (Å²) in [6, 6.07) is 26.8. The molecule has 1 fully saturated rings. The molecule has 1 saturated heterocycles. The van der Waals surface area contributed by atoms with Crippen LogP contribution in [-0.4, -0.2) is 60.0 Å². The Labute approximate surface area is 248 Å². The molecule has 0 aliphatic carbocycles. The molecule has 0 spiro atoms. The van der Waals surface area contributed by atoms with E-state index in [-0.39, 0.29) is 30.1 Å². The number of hydrogen-bond acceptors (Lipinski definition) is 5. The van der Waals surface area contributed by atoms with E-state index < -0.39 is 0 Å². The second kappa shape index (κ2) is 14.8. The van der Waals surface area contributed by atoms with Crippen LogP contribution in [0.2, 0.25) is 0 Å². The number of carbonyl (C=O) groups is 3. The van der Waals surface area contributed by atoms with Crippen molar-refractivity contribution >= 4 is 17.9 Å². The number of nitrogens with zero attached hydrogens (tertiary/aromatic N) is 2. The molecule has 0 radical (unpaired) electrons. The van der Waals surface area contributed by atoms with Gasteiger partial charge in [0.1, 0.15) is 6.10 Å². The monoisotopic (exact) mass is 567 g/mol. The molecule has 0 unspecified atom stereocenters. The molecule has 42 heavy (non-hydrogen) atoms. The van der Waals surface area contributed by atoms with Crippen LogP contribution in [0, 0.1) is 0 Å². The number of hydrogen-bond donors (Lipinski definition) is 1. The Morgan fingerprint density at radius 1 is 0.690 bits per heavy atom. The van der Waals surface area contributed by atoms with Gasteiger partial charge in [0.05, 0.1) is 17.2 Å². The van der Waals surface area contributed by atoms with Crippen molar-refractivity contribution in [1.82, 2.24) is 15.1 Å². The maximum Gasteiger partial charge on any atom is 0.408 e. The molecule has 5 rings (SSSR count). The van der Waals surface area contributed by atoms with Gasteiger partial charge in [-0.3, -0.25) is 14.5 Å². The molecular weight excluding hydrogens is 526 g/mol. The summed E-state index contributed by atoms with van der Waals surface area (Å²) < 4.78 is 5.84. The fraction of sp³-hybridized carbons (Fsp3) is 0.400. The largest absolute Gasteiger partial charge is 0.446 e. The molecule has 2 heterocycles. The zero-order chi connectivity index (χ0) is 29.1. The summed E-state index contributed by atoms with van der Waals surface area (Å²) in [6.07, 6.45) is 7.75. The molecule has 0 aromatic heterocycles. The van der Waals surface area contributed by atoms with E-state index in [0.29, 0.717) is 17.7 Å². The number of amides is 3. The first-order valence-corrected chi connectivity index (χ1v) is 15.3. The van der Waals surface area contributed by atoms with Crippen LogP contribution in [0.15, 0.2) is 84.9 Å². The summed E-state index contributed by atoms with van der Waals surface area (Å²) in [5, 5.41) is 3.08. The molecule has 3 amide bonds. The quantitative estimate of drug-likeness (QED) is 0.186. The molecule has 0 saturated carbocycles. The van der Waals surface area contributed by atoms with Crippen molar-refractivity contribution in [1.29, 1.82) is 0 Å². The third-order valence-electron chi connectivity index (χ3n) is 8.32. The lowest BCUT2D eigenvalue weighted by Crippen LogP contribution is -2.40. The van der Waals surface area contributed by atoms with Gasteiger partial charge >= 0.3 is 6.09 Å². The summed E-state index contributed by atoms with van der Waals surface area (Å²) in [7, 11) is 0. The topological polar surface area (TPSA) is 79.0 Å². The zero-order valence-electron chi connectivity index (χ0n) is 24.3. The Morgan fingerprint density at radius 2 is 1.17 bits per heavy atom. The molecule has 220 valence electrons. The molecule has 1 N–H and O–H groups in total. The summed E-state index contributed by atoms with van der Waals surface area (Å²) >= 11 is 0. The van der Waals surface area contributed by atoms with E-state index >= 15 is 0 Å². The molecule has 0 bridgehead atoms. The summed E-state index contributed by atoms with van der Waals surface area (Å²) in [5.41, 5.74) is 3.11. The predicted octanol–water partition coefficient (Wildman–Crippen LogP) is 6.60. The average Bonchev–Trinajstić information content (AvgIpc) is 3.27. The summed E-state index contributed by atoms with van der Waals surface area (Å²) in [5.74, 6) is -0.317. The van der Waals surface area contributed by atoms with Crippen LogP contribution in [0.25, 0.3) is 0 Å². The maximum absolute atomic E-state index is 12.8. The van der Waals surface area contributed by atoms with Gasteiger partial charge in [0.25, 0.3) is 11.8 Å². The fourth-order valence-corrected chi connectivity index (χ4v) is 5.96. The Hall–Kier alpha value is -3.97. The van der Waals surface area contributed by atoms with Crippen molar-refractivity contribution in [2.24, 2.45) is 0 Å². The number of ether oxygens (including phenoxy) is 1. The SMILES string of the molecule is O=C(NC(c1ccccc1)c1ccccc1)OC1CCN(CCCCCCCCN2C(=O)c3ccccc3C2=O)CC1. The second-order valence-corrected chi connectivity index (χ2v) is 11.3. The van der Waals surface area contributed by atoms with Gasteiger partial charge in [-0.2, -0.15) is 0 Å². The highest BCUT2D eigenvalue weighted by atomic mass is 16.6. The zero-order valence-corrected chi connectivity index (χ0v) is 24.3. The number of benzene rings is 3. The van der Waals surface area contributed by atoms with Crippen molar-refractivity contribution in [2.45, 2.75) is 63.5 Å². The number of unbranched alkanes of at least 4 members (excludes halogenated alkanes) is 5. The standard InChI is InChI=1S/C35H41N3O4/c39-33-30-19-11-12-20-31(30)34(40)38(33)24-14-4-2-1-3-13-23-37-25-21-29(22-26-37)42-35(41)36-32(27-15-7-5-8-16-27)28-17-9-6-10-18-28/h5-12,15-20,29,32H,1-4,13-14,21-26H2,(H,36,41). The molecule has 3 aromatic carbocycles. The van der Waals surface area contributed by atoms with E-state index in [0.717, 1.165) is 75.7 Å². The van der Waals surface area contributed by atoms with Crippen LogP contribution in [-0.2, 0) is 4.74 Å². The number of rotatable bonds is 13. The maximum atomic E-state index is 12.8. The van der Waals surface area contributed by atoms with Crippen LogP contribution in [0.1, 0.15) is 89.3 Å². The minimum Gasteiger partial charge on any atom is -0.446 e. The van der Waals surface area contributed by atoms with Crippen LogP contribution in [0.5, 0.6) is 0 Å². The van der Waals surface area contributed by atoms with Crippen LogP contribution < -0.4 is 5.32 Å². The first-order valence-electron chi connectivity index (χ1n) is 15.3. The number of imide groups is 1. The van der Waals surface area contributed by atoms with Crippen molar-refractivity contribution in [3.05, 3.63) is 107 Å². The minimum absolute atomic E-state index is 0.0596. The van der Waals surface area contributed by atoms with Crippen LogP contribution >= 0.6 is 0 Å². The molecule has 3 aromatic rings.